The molecule has 0 aromatic rings. The van der Waals surface area contributed by atoms with Crippen molar-refractivity contribution >= 4 is 0 Å². The third-order valence-electron chi connectivity index (χ3n) is 3.37. The van der Waals surface area contributed by atoms with Gasteiger partial charge in [0.1, 0.15) is 0 Å². The van der Waals surface area contributed by atoms with Gasteiger partial charge >= 0.3 is 0 Å². The van der Waals surface area contributed by atoms with Gasteiger partial charge in [-0.2, -0.15) is 0 Å². The minimum absolute atomic E-state index is 0.588. The van der Waals surface area contributed by atoms with Crippen LogP contribution in [-0.2, 0) is 0 Å². The Bertz CT molecular complexity index is 139. The molecule has 0 aromatic heterocycles. The summed E-state index contributed by atoms with van der Waals surface area (Å²) in [5.74, 6) is 0. The van der Waals surface area contributed by atoms with Crippen LogP contribution >= 0.6 is 0 Å². The molecule has 0 N–H and O–H groups in total. The Kier molecular flexibility index (Phi) is 8.07. The minimum Gasteiger partial charge on any atom is -0.299 e. The van der Waals surface area contributed by atoms with Crippen molar-refractivity contribution in [2.45, 2.75) is 54.0 Å². The molecular weight excluding hydrogens is 184 g/mol. The van der Waals surface area contributed by atoms with Gasteiger partial charge in [0, 0.05) is 6.04 Å². The molecule has 0 saturated heterocycles. The van der Waals surface area contributed by atoms with Crippen LogP contribution in [0.5, 0.6) is 0 Å². The van der Waals surface area contributed by atoms with Crippen molar-refractivity contribution in [1.29, 1.82) is 0 Å². The highest BCUT2D eigenvalue weighted by atomic mass is 15.2. The molecule has 2 nitrogen and oxygen atoms in total. The van der Waals surface area contributed by atoms with Crippen molar-refractivity contribution < 1.29 is 0 Å². The first kappa shape index (κ1) is 14.9. The molecule has 1 atom stereocenters. The zero-order chi connectivity index (χ0) is 11.8. The molecule has 2 heteroatoms. The summed E-state index contributed by atoms with van der Waals surface area (Å²) < 4.78 is 0. The number of hydrogen-bond acceptors (Lipinski definition) is 2. The lowest BCUT2D eigenvalue weighted by molar-refractivity contribution is 0.163. The SMILES string of the molecule is CC[C](C(C)N(CC)CC)N(CC)CC. The average Bonchev–Trinajstić information content (AvgIpc) is 2.27. The maximum absolute atomic E-state index is 2.52. The predicted octanol–water partition coefficient (Wildman–Crippen LogP) is 3.00. The van der Waals surface area contributed by atoms with E-state index in [0.29, 0.717) is 6.04 Å². The lowest BCUT2D eigenvalue weighted by Gasteiger charge is -2.38. The molecule has 0 heterocycles. The van der Waals surface area contributed by atoms with Crippen LogP contribution in [0.25, 0.3) is 0 Å². The first-order valence-electron chi connectivity index (χ1n) is 6.50. The largest absolute Gasteiger partial charge is 0.299 e. The molecule has 0 aromatic carbocycles. The highest BCUT2D eigenvalue weighted by Gasteiger charge is 2.24. The fraction of sp³-hybridized carbons (Fsp3) is 0.923. The molecule has 0 rings (SSSR count). The summed E-state index contributed by atoms with van der Waals surface area (Å²) in [6.45, 7) is 18.1. The minimum atomic E-state index is 0.588. The molecule has 91 valence electrons. The van der Waals surface area contributed by atoms with Gasteiger partial charge in [0.15, 0.2) is 0 Å². The summed E-state index contributed by atoms with van der Waals surface area (Å²) in [6.07, 6.45) is 1.17. The highest BCUT2D eigenvalue weighted by Crippen LogP contribution is 2.21. The van der Waals surface area contributed by atoms with E-state index in [4.69, 9.17) is 0 Å². The molecule has 0 aliphatic carbocycles. The van der Waals surface area contributed by atoms with E-state index >= 15 is 0 Å². The van der Waals surface area contributed by atoms with Gasteiger partial charge in [0.2, 0.25) is 0 Å². The Morgan fingerprint density at radius 3 is 1.60 bits per heavy atom. The normalized spacial score (nSPS) is 14.2. The van der Waals surface area contributed by atoms with Gasteiger partial charge in [0.05, 0.1) is 6.04 Å². The van der Waals surface area contributed by atoms with Gasteiger partial charge in [-0.15, -0.1) is 0 Å². The molecular formula is C13H29N2. The summed E-state index contributed by atoms with van der Waals surface area (Å²) in [5.41, 5.74) is 0. The van der Waals surface area contributed by atoms with Crippen molar-refractivity contribution in [2.75, 3.05) is 26.2 Å². The summed E-state index contributed by atoms with van der Waals surface area (Å²) in [6, 6.07) is 2.17. The van der Waals surface area contributed by atoms with Crippen LogP contribution in [-0.4, -0.2) is 42.0 Å². The summed E-state index contributed by atoms with van der Waals surface area (Å²) in [7, 11) is 0. The van der Waals surface area contributed by atoms with Gasteiger partial charge in [-0.1, -0.05) is 34.6 Å². The van der Waals surface area contributed by atoms with Crippen LogP contribution in [0.2, 0.25) is 0 Å². The Morgan fingerprint density at radius 1 is 0.867 bits per heavy atom. The van der Waals surface area contributed by atoms with Gasteiger partial charge < -0.3 is 0 Å². The van der Waals surface area contributed by atoms with Crippen LogP contribution in [0.15, 0.2) is 0 Å². The third-order valence-corrected chi connectivity index (χ3v) is 3.37. The Labute approximate surface area is 96.6 Å². The van der Waals surface area contributed by atoms with Crippen molar-refractivity contribution in [3.05, 3.63) is 6.04 Å². The number of likely N-dealkylation sites (N-methyl/N-ethyl adjacent to an activating group) is 2. The molecule has 15 heavy (non-hydrogen) atoms. The molecule has 0 spiro atoms. The van der Waals surface area contributed by atoms with E-state index in [1.807, 2.05) is 0 Å². The first-order valence-corrected chi connectivity index (χ1v) is 6.50. The molecule has 1 unspecified atom stereocenters. The third kappa shape index (κ3) is 4.12. The average molecular weight is 213 g/mol. The monoisotopic (exact) mass is 213 g/mol. The van der Waals surface area contributed by atoms with Gasteiger partial charge in [-0.05, 0) is 39.5 Å². The maximum Gasteiger partial charge on any atom is 0.0558 e. The Morgan fingerprint density at radius 2 is 1.33 bits per heavy atom. The van der Waals surface area contributed by atoms with Gasteiger partial charge in [-0.3, -0.25) is 9.80 Å². The fourth-order valence-corrected chi connectivity index (χ4v) is 2.40. The van der Waals surface area contributed by atoms with Crippen LogP contribution < -0.4 is 0 Å². The van der Waals surface area contributed by atoms with Crippen molar-refractivity contribution in [1.82, 2.24) is 9.80 Å². The number of rotatable bonds is 8. The summed E-state index contributed by atoms with van der Waals surface area (Å²) in [5, 5.41) is 0. The van der Waals surface area contributed by atoms with Crippen LogP contribution in [0.1, 0.15) is 48.0 Å². The molecule has 0 aliphatic heterocycles. The van der Waals surface area contributed by atoms with Crippen molar-refractivity contribution in [3.63, 3.8) is 0 Å². The quantitative estimate of drug-likeness (QED) is 0.611. The topological polar surface area (TPSA) is 6.48 Å². The molecule has 1 radical (unpaired) electrons. The van der Waals surface area contributed by atoms with E-state index in [1.165, 1.54) is 6.42 Å². The Balaban J connectivity index is 4.48. The lowest BCUT2D eigenvalue weighted by Crippen LogP contribution is -2.44. The van der Waals surface area contributed by atoms with Crippen LogP contribution in [0.3, 0.4) is 0 Å². The van der Waals surface area contributed by atoms with Crippen molar-refractivity contribution in [3.8, 4) is 0 Å². The lowest BCUT2D eigenvalue weighted by atomic mass is 10.0. The van der Waals surface area contributed by atoms with E-state index in [0.717, 1.165) is 26.2 Å². The molecule has 0 aliphatic rings. The van der Waals surface area contributed by atoms with E-state index in [-0.39, 0.29) is 0 Å². The van der Waals surface area contributed by atoms with E-state index in [9.17, 15) is 0 Å². The summed E-state index contributed by atoms with van der Waals surface area (Å²) >= 11 is 0. The molecule has 0 fully saturated rings. The second-order valence-corrected chi connectivity index (χ2v) is 3.91. The summed E-state index contributed by atoms with van der Waals surface area (Å²) in [4.78, 5) is 5.03. The standard InChI is InChI=1S/C13H29N2/c1-7-13(15(10-4)11-5)12(6)14(8-2)9-3/h12H,7-11H2,1-6H3. The predicted molar refractivity (Wildman–Crippen MR) is 68.8 cm³/mol. The van der Waals surface area contributed by atoms with Gasteiger partial charge in [0.25, 0.3) is 0 Å². The second kappa shape index (κ2) is 8.12. The smallest absolute Gasteiger partial charge is 0.0558 e. The first-order chi connectivity index (χ1) is 7.15. The zero-order valence-electron chi connectivity index (χ0n) is 11.5. The molecule has 0 amide bonds. The van der Waals surface area contributed by atoms with Crippen molar-refractivity contribution in [2.24, 2.45) is 0 Å². The van der Waals surface area contributed by atoms with E-state index in [2.05, 4.69) is 51.3 Å². The van der Waals surface area contributed by atoms with Crippen LogP contribution in [0.4, 0.5) is 0 Å². The second-order valence-electron chi connectivity index (χ2n) is 3.91. The zero-order valence-corrected chi connectivity index (χ0v) is 11.5. The van der Waals surface area contributed by atoms with E-state index in [1.54, 1.807) is 6.04 Å². The van der Waals surface area contributed by atoms with E-state index < -0.39 is 0 Å². The van der Waals surface area contributed by atoms with Gasteiger partial charge in [-0.25, -0.2) is 0 Å². The Hall–Kier alpha value is -0.0800. The highest BCUT2D eigenvalue weighted by molar-refractivity contribution is 4.98. The molecule has 0 saturated carbocycles. The van der Waals surface area contributed by atoms with Crippen LogP contribution in [0, 0.1) is 6.04 Å². The number of nitrogens with zero attached hydrogens (tertiary/aromatic N) is 2. The molecule has 0 bridgehead atoms. The number of hydrogen-bond donors (Lipinski definition) is 0. The maximum atomic E-state index is 2.52. The fourth-order valence-electron chi connectivity index (χ4n) is 2.40.